The highest BCUT2D eigenvalue weighted by molar-refractivity contribution is 5.96. The molecule has 0 saturated carbocycles. The van der Waals surface area contributed by atoms with Crippen LogP contribution in [0.3, 0.4) is 0 Å². The van der Waals surface area contributed by atoms with Crippen LogP contribution in [-0.2, 0) is 9.53 Å². The lowest BCUT2D eigenvalue weighted by Gasteiger charge is -2.21. The smallest absolute Gasteiger partial charge is 0.410 e. The van der Waals surface area contributed by atoms with Crippen LogP contribution >= 0.6 is 0 Å². The minimum atomic E-state index is -0.505. The summed E-state index contributed by atoms with van der Waals surface area (Å²) in [4.78, 5) is 24.9. The van der Waals surface area contributed by atoms with Gasteiger partial charge in [-0.1, -0.05) is 5.16 Å². The van der Waals surface area contributed by atoms with E-state index in [1.807, 2.05) is 0 Å². The summed E-state index contributed by atoms with van der Waals surface area (Å²) < 4.78 is 9.50. The first-order valence-corrected chi connectivity index (χ1v) is 5.70. The molecule has 1 saturated heterocycles. The number of ether oxygens (including phenoxy) is 1. The number of amides is 2. The van der Waals surface area contributed by atoms with Crippen molar-refractivity contribution in [2.75, 3.05) is 19.0 Å². The minimum absolute atomic E-state index is 0.272. The molecule has 1 N–H and O–H groups in total. The first-order valence-electron chi connectivity index (χ1n) is 5.70. The summed E-state index contributed by atoms with van der Waals surface area (Å²) in [5, 5.41) is 6.30. The molecular weight excluding hydrogens is 238 g/mol. The van der Waals surface area contributed by atoms with Gasteiger partial charge in [-0.25, -0.2) is 4.79 Å². The van der Waals surface area contributed by atoms with Gasteiger partial charge in [-0.3, -0.25) is 9.69 Å². The second-order valence-electron chi connectivity index (χ2n) is 4.13. The van der Waals surface area contributed by atoms with Crippen LogP contribution in [0.5, 0.6) is 0 Å². The van der Waals surface area contributed by atoms with Crippen molar-refractivity contribution in [2.24, 2.45) is 0 Å². The Balaban J connectivity index is 2.02. The first-order chi connectivity index (χ1) is 8.61. The minimum Gasteiger partial charge on any atom is -0.453 e. The fourth-order valence-corrected chi connectivity index (χ4v) is 2.01. The lowest BCUT2D eigenvalue weighted by atomic mass is 10.2. The molecule has 18 heavy (non-hydrogen) atoms. The van der Waals surface area contributed by atoms with Crippen LogP contribution in [0.4, 0.5) is 10.6 Å². The maximum atomic E-state index is 12.0. The summed E-state index contributed by atoms with van der Waals surface area (Å²) in [6, 6.07) is 1.12. The summed E-state index contributed by atoms with van der Waals surface area (Å²) in [5.41, 5.74) is 0. The molecule has 0 radical (unpaired) electrons. The van der Waals surface area contributed by atoms with E-state index < -0.39 is 12.1 Å². The monoisotopic (exact) mass is 253 g/mol. The maximum absolute atomic E-state index is 12.0. The molecule has 7 nitrogen and oxygen atoms in total. The maximum Gasteiger partial charge on any atom is 0.410 e. The summed E-state index contributed by atoms with van der Waals surface area (Å²) >= 11 is 0. The molecule has 0 spiro atoms. The molecule has 7 heteroatoms. The van der Waals surface area contributed by atoms with Crippen molar-refractivity contribution in [2.45, 2.75) is 25.8 Å². The lowest BCUT2D eigenvalue weighted by Crippen LogP contribution is -2.43. The number of nitrogens with zero attached hydrogens (tertiary/aromatic N) is 2. The van der Waals surface area contributed by atoms with Gasteiger partial charge in [-0.05, 0) is 19.8 Å². The zero-order valence-corrected chi connectivity index (χ0v) is 10.3. The third-order valence-corrected chi connectivity index (χ3v) is 2.84. The van der Waals surface area contributed by atoms with Gasteiger partial charge < -0.3 is 14.6 Å². The second kappa shape index (κ2) is 5.07. The van der Waals surface area contributed by atoms with Gasteiger partial charge in [0.05, 0.1) is 7.11 Å². The van der Waals surface area contributed by atoms with Gasteiger partial charge in [0.25, 0.3) is 0 Å². The standard InChI is InChI=1S/C11H15N3O4/c1-7-6-9(13-18-7)12-10(15)8-4-3-5-14(8)11(16)17-2/h6,8H,3-5H2,1-2H3,(H,12,13,15)/t8-/m0/s1. The predicted molar refractivity (Wildman–Crippen MR) is 62.0 cm³/mol. The normalized spacial score (nSPS) is 18.8. The third kappa shape index (κ3) is 2.44. The highest BCUT2D eigenvalue weighted by Crippen LogP contribution is 2.19. The highest BCUT2D eigenvalue weighted by Gasteiger charge is 2.35. The molecule has 1 aliphatic rings. The van der Waals surface area contributed by atoms with Crippen LogP contribution in [-0.4, -0.2) is 41.8 Å². The van der Waals surface area contributed by atoms with E-state index in [9.17, 15) is 9.59 Å². The molecule has 2 rings (SSSR count). The third-order valence-electron chi connectivity index (χ3n) is 2.84. The van der Waals surface area contributed by atoms with Crippen LogP contribution in [0.15, 0.2) is 10.6 Å². The van der Waals surface area contributed by atoms with Gasteiger partial charge in [0.1, 0.15) is 11.8 Å². The van der Waals surface area contributed by atoms with Gasteiger partial charge in [0, 0.05) is 12.6 Å². The quantitative estimate of drug-likeness (QED) is 0.854. The Morgan fingerprint density at radius 2 is 2.39 bits per heavy atom. The number of methoxy groups -OCH3 is 1. The van der Waals surface area contributed by atoms with Crippen molar-refractivity contribution < 1.29 is 18.8 Å². The summed E-state index contributed by atoms with van der Waals surface area (Å²) in [6.07, 6.45) is 0.923. The van der Waals surface area contributed by atoms with Crippen LogP contribution < -0.4 is 5.32 Å². The molecule has 1 atom stereocenters. The topological polar surface area (TPSA) is 84.7 Å². The Morgan fingerprint density at radius 3 is 3.00 bits per heavy atom. The van der Waals surface area contributed by atoms with E-state index in [4.69, 9.17) is 4.52 Å². The second-order valence-corrected chi connectivity index (χ2v) is 4.13. The first kappa shape index (κ1) is 12.4. The van der Waals surface area contributed by atoms with E-state index in [1.165, 1.54) is 12.0 Å². The number of carbonyl (C=O) groups is 2. The van der Waals surface area contributed by atoms with Gasteiger partial charge in [-0.2, -0.15) is 0 Å². The van der Waals surface area contributed by atoms with Gasteiger partial charge in [0.2, 0.25) is 5.91 Å². The van der Waals surface area contributed by atoms with E-state index >= 15 is 0 Å². The number of hydrogen-bond donors (Lipinski definition) is 1. The zero-order chi connectivity index (χ0) is 13.1. The van der Waals surface area contributed by atoms with Crippen molar-refractivity contribution in [1.29, 1.82) is 0 Å². The Labute approximate surface area is 104 Å². The molecule has 0 unspecified atom stereocenters. The Bertz CT molecular complexity index is 457. The molecule has 1 aliphatic heterocycles. The Morgan fingerprint density at radius 1 is 1.61 bits per heavy atom. The average molecular weight is 253 g/mol. The van der Waals surface area contributed by atoms with Crippen molar-refractivity contribution >= 4 is 17.8 Å². The summed E-state index contributed by atoms with van der Waals surface area (Å²) in [7, 11) is 1.30. The van der Waals surface area contributed by atoms with Crippen LogP contribution in [0.25, 0.3) is 0 Å². The van der Waals surface area contributed by atoms with Gasteiger partial charge >= 0.3 is 6.09 Å². The average Bonchev–Trinajstić information content (AvgIpc) is 2.97. The number of likely N-dealkylation sites (tertiary alicyclic amines) is 1. The number of aromatic nitrogens is 1. The van der Waals surface area contributed by atoms with Crippen molar-refractivity contribution in [3.05, 3.63) is 11.8 Å². The molecule has 0 bridgehead atoms. The van der Waals surface area contributed by atoms with Gasteiger partial charge in [0.15, 0.2) is 5.82 Å². The summed E-state index contributed by atoms with van der Waals surface area (Å²) in [5.74, 6) is 0.696. The van der Waals surface area contributed by atoms with Crippen LogP contribution in [0, 0.1) is 6.92 Å². The fraction of sp³-hybridized carbons (Fsp3) is 0.545. The van der Waals surface area contributed by atoms with Crippen LogP contribution in [0.1, 0.15) is 18.6 Å². The van der Waals surface area contributed by atoms with E-state index in [2.05, 4.69) is 15.2 Å². The number of anilines is 1. The van der Waals surface area contributed by atoms with E-state index in [1.54, 1.807) is 13.0 Å². The van der Waals surface area contributed by atoms with E-state index in [0.29, 0.717) is 24.5 Å². The van der Waals surface area contributed by atoms with Crippen molar-refractivity contribution in [3.8, 4) is 0 Å². The molecule has 2 heterocycles. The Kier molecular flexibility index (Phi) is 3.50. The summed E-state index contributed by atoms with van der Waals surface area (Å²) in [6.45, 7) is 2.27. The number of carbonyl (C=O) groups excluding carboxylic acids is 2. The number of hydrogen-bond acceptors (Lipinski definition) is 5. The molecule has 98 valence electrons. The Hall–Kier alpha value is -2.05. The molecule has 0 aliphatic carbocycles. The van der Waals surface area contributed by atoms with Crippen LogP contribution in [0.2, 0.25) is 0 Å². The predicted octanol–water partition coefficient (Wildman–Crippen LogP) is 1.15. The molecule has 0 aromatic carbocycles. The molecule has 1 aromatic rings. The number of aryl methyl sites for hydroxylation is 1. The highest BCUT2D eigenvalue weighted by atomic mass is 16.5. The number of rotatable bonds is 2. The number of nitrogens with one attached hydrogen (secondary N) is 1. The molecular formula is C11H15N3O4. The van der Waals surface area contributed by atoms with E-state index in [-0.39, 0.29) is 5.91 Å². The SMILES string of the molecule is COC(=O)N1CCC[C@H]1C(=O)Nc1cc(C)on1. The van der Waals surface area contributed by atoms with Crippen molar-refractivity contribution in [3.63, 3.8) is 0 Å². The lowest BCUT2D eigenvalue weighted by molar-refractivity contribution is -0.120. The fourth-order valence-electron chi connectivity index (χ4n) is 2.01. The zero-order valence-electron chi connectivity index (χ0n) is 10.3. The van der Waals surface area contributed by atoms with Crippen molar-refractivity contribution in [1.82, 2.24) is 10.1 Å². The molecule has 1 fully saturated rings. The van der Waals surface area contributed by atoms with Gasteiger partial charge in [-0.15, -0.1) is 0 Å². The largest absolute Gasteiger partial charge is 0.453 e. The molecule has 2 amide bonds. The van der Waals surface area contributed by atoms with E-state index in [0.717, 1.165) is 6.42 Å². The molecule has 1 aromatic heterocycles.